The smallest absolute Gasteiger partial charge is 0.315 e. The van der Waals surface area contributed by atoms with Crippen molar-refractivity contribution < 1.29 is 14.4 Å². The van der Waals surface area contributed by atoms with Crippen molar-refractivity contribution in [2.24, 2.45) is 5.92 Å². The van der Waals surface area contributed by atoms with Gasteiger partial charge in [-0.05, 0) is 49.9 Å². The minimum absolute atomic E-state index is 0.0669. The van der Waals surface area contributed by atoms with Crippen molar-refractivity contribution in [3.8, 4) is 0 Å². The number of amides is 4. The summed E-state index contributed by atoms with van der Waals surface area (Å²) in [4.78, 5) is 36.3. The standard InChI is InChI=1S/C22H32N4O3/c27-20(23-14-15-24-22(29)26-18-8-2-1-3-9-18)17-10-12-19(13-11-17)25-21(28)16-6-4-5-7-16/h10-13,16,18H,1-9,14-15H2,(H,23,27)(H,25,28)(H2,24,26,29). The molecule has 0 atom stereocenters. The summed E-state index contributed by atoms with van der Waals surface area (Å²) in [5.74, 6) is -0.0220. The first-order valence-corrected chi connectivity index (χ1v) is 10.9. The predicted molar refractivity (Wildman–Crippen MR) is 113 cm³/mol. The number of hydrogen-bond acceptors (Lipinski definition) is 3. The van der Waals surface area contributed by atoms with Crippen molar-refractivity contribution in [3.63, 3.8) is 0 Å². The van der Waals surface area contributed by atoms with Gasteiger partial charge in [0.2, 0.25) is 5.91 Å². The lowest BCUT2D eigenvalue weighted by molar-refractivity contribution is -0.119. The molecule has 29 heavy (non-hydrogen) atoms. The third-order valence-electron chi connectivity index (χ3n) is 5.78. The molecule has 0 bridgehead atoms. The van der Waals surface area contributed by atoms with Gasteiger partial charge in [0.05, 0.1) is 0 Å². The Morgan fingerprint density at radius 2 is 1.41 bits per heavy atom. The molecule has 7 nitrogen and oxygen atoms in total. The number of hydrogen-bond donors (Lipinski definition) is 4. The number of urea groups is 1. The SMILES string of the molecule is O=C(NCCNC(=O)c1ccc(NC(=O)C2CCCC2)cc1)NC1CCCCC1. The number of rotatable bonds is 7. The predicted octanol–water partition coefficient (Wildman–Crippen LogP) is 3.18. The normalized spacial score (nSPS) is 17.5. The van der Waals surface area contributed by atoms with E-state index in [4.69, 9.17) is 0 Å². The van der Waals surface area contributed by atoms with Crippen LogP contribution in [0.5, 0.6) is 0 Å². The Morgan fingerprint density at radius 3 is 2.10 bits per heavy atom. The first-order valence-electron chi connectivity index (χ1n) is 10.9. The molecule has 0 heterocycles. The van der Waals surface area contributed by atoms with Crippen LogP contribution in [-0.2, 0) is 4.79 Å². The molecule has 2 saturated carbocycles. The van der Waals surface area contributed by atoms with Crippen LogP contribution in [0.4, 0.5) is 10.5 Å². The molecule has 0 aliphatic heterocycles. The monoisotopic (exact) mass is 400 g/mol. The molecule has 0 unspecified atom stereocenters. The summed E-state index contributed by atoms with van der Waals surface area (Å²) in [5.41, 5.74) is 1.23. The number of carbonyl (C=O) groups excluding carboxylic acids is 3. The zero-order valence-electron chi connectivity index (χ0n) is 17.0. The molecule has 0 spiro atoms. The fourth-order valence-corrected chi connectivity index (χ4v) is 4.07. The second kappa shape index (κ2) is 10.8. The molecule has 2 aliphatic carbocycles. The van der Waals surface area contributed by atoms with Crippen molar-refractivity contribution >= 4 is 23.5 Å². The highest BCUT2D eigenvalue weighted by molar-refractivity contribution is 5.96. The Morgan fingerprint density at radius 1 is 0.793 bits per heavy atom. The third-order valence-corrected chi connectivity index (χ3v) is 5.78. The summed E-state index contributed by atoms with van der Waals surface area (Å²) >= 11 is 0. The topological polar surface area (TPSA) is 99.3 Å². The molecule has 4 amide bonds. The van der Waals surface area contributed by atoms with Gasteiger partial charge in [-0.1, -0.05) is 32.1 Å². The van der Waals surface area contributed by atoms with Gasteiger partial charge in [-0.25, -0.2) is 4.79 Å². The molecule has 0 radical (unpaired) electrons. The van der Waals surface area contributed by atoms with Crippen LogP contribution in [0.3, 0.4) is 0 Å². The minimum atomic E-state index is -0.201. The van der Waals surface area contributed by atoms with Crippen LogP contribution < -0.4 is 21.3 Å². The Bertz CT molecular complexity index is 693. The van der Waals surface area contributed by atoms with Crippen LogP contribution >= 0.6 is 0 Å². The molecule has 1 aromatic rings. The van der Waals surface area contributed by atoms with E-state index < -0.39 is 0 Å². The molecule has 4 N–H and O–H groups in total. The van der Waals surface area contributed by atoms with Crippen molar-refractivity contribution in [2.75, 3.05) is 18.4 Å². The second-order valence-corrected chi connectivity index (χ2v) is 8.04. The Kier molecular flexibility index (Phi) is 7.90. The van der Waals surface area contributed by atoms with Crippen LogP contribution in [-0.4, -0.2) is 37.0 Å². The fourth-order valence-electron chi connectivity index (χ4n) is 4.07. The first kappa shape index (κ1) is 21.1. The maximum atomic E-state index is 12.2. The zero-order chi connectivity index (χ0) is 20.5. The van der Waals surface area contributed by atoms with E-state index in [-0.39, 0.29) is 29.8 Å². The van der Waals surface area contributed by atoms with E-state index in [1.54, 1.807) is 24.3 Å². The van der Waals surface area contributed by atoms with E-state index in [0.717, 1.165) is 38.5 Å². The first-order chi connectivity index (χ1) is 14.1. The highest BCUT2D eigenvalue weighted by Crippen LogP contribution is 2.26. The lowest BCUT2D eigenvalue weighted by Crippen LogP contribution is -2.45. The van der Waals surface area contributed by atoms with E-state index in [1.165, 1.54) is 19.3 Å². The van der Waals surface area contributed by atoms with Gasteiger partial charge in [-0.3, -0.25) is 9.59 Å². The van der Waals surface area contributed by atoms with Crippen LogP contribution in [0.25, 0.3) is 0 Å². The molecule has 3 rings (SSSR count). The van der Waals surface area contributed by atoms with Crippen molar-refractivity contribution in [2.45, 2.75) is 63.8 Å². The van der Waals surface area contributed by atoms with E-state index >= 15 is 0 Å². The zero-order valence-corrected chi connectivity index (χ0v) is 17.0. The van der Waals surface area contributed by atoms with E-state index in [2.05, 4.69) is 21.3 Å². The van der Waals surface area contributed by atoms with Gasteiger partial charge in [0.25, 0.3) is 5.91 Å². The average molecular weight is 401 g/mol. The highest BCUT2D eigenvalue weighted by atomic mass is 16.2. The molecule has 0 aromatic heterocycles. The molecule has 7 heteroatoms. The van der Waals surface area contributed by atoms with Gasteiger partial charge in [-0.2, -0.15) is 0 Å². The molecular formula is C22H32N4O3. The van der Waals surface area contributed by atoms with E-state index in [0.29, 0.717) is 24.3 Å². The van der Waals surface area contributed by atoms with Crippen molar-refractivity contribution in [1.82, 2.24) is 16.0 Å². The number of nitrogens with one attached hydrogen (secondary N) is 4. The van der Waals surface area contributed by atoms with Gasteiger partial charge in [0, 0.05) is 36.3 Å². The lowest BCUT2D eigenvalue weighted by Gasteiger charge is -2.22. The summed E-state index contributed by atoms with van der Waals surface area (Å²) in [6, 6.07) is 6.99. The largest absolute Gasteiger partial charge is 0.350 e. The Hall–Kier alpha value is -2.57. The average Bonchev–Trinajstić information content (AvgIpc) is 3.27. The van der Waals surface area contributed by atoms with E-state index in [9.17, 15) is 14.4 Å². The highest BCUT2D eigenvalue weighted by Gasteiger charge is 2.22. The lowest BCUT2D eigenvalue weighted by atomic mass is 9.96. The van der Waals surface area contributed by atoms with Gasteiger partial charge in [-0.15, -0.1) is 0 Å². The molecular weight excluding hydrogens is 368 g/mol. The van der Waals surface area contributed by atoms with Crippen LogP contribution in [0.2, 0.25) is 0 Å². The number of anilines is 1. The Balaban J connectivity index is 1.33. The molecule has 158 valence electrons. The number of benzene rings is 1. The van der Waals surface area contributed by atoms with Gasteiger partial charge in [0.1, 0.15) is 0 Å². The Labute approximate surface area is 172 Å². The number of carbonyl (C=O) groups is 3. The summed E-state index contributed by atoms with van der Waals surface area (Å²) in [6.45, 7) is 0.733. The minimum Gasteiger partial charge on any atom is -0.350 e. The fraction of sp³-hybridized carbons (Fsp3) is 0.591. The summed E-state index contributed by atoms with van der Waals surface area (Å²) < 4.78 is 0. The maximum Gasteiger partial charge on any atom is 0.315 e. The third kappa shape index (κ3) is 6.76. The molecule has 2 fully saturated rings. The van der Waals surface area contributed by atoms with Crippen LogP contribution in [0.15, 0.2) is 24.3 Å². The van der Waals surface area contributed by atoms with Crippen LogP contribution in [0.1, 0.15) is 68.1 Å². The molecule has 0 saturated heterocycles. The van der Waals surface area contributed by atoms with Gasteiger partial charge in [0.15, 0.2) is 0 Å². The van der Waals surface area contributed by atoms with E-state index in [1.807, 2.05) is 0 Å². The summed E-state index contributed by atoms with van der Waals surface area (Å²) in [5, 5.41) is 11.5. The molecule has 2 aliphatic rings. The summed E-state index contributed by atoms with van der Waals surface area (Å²) in [7, 11) is 0. The van der Waals surface area contributed by atoms with Crippen molar-refractivity contribution in [1.29, 1.82) is 0 Å². The molecule has 1 aromatic carbocycles. The van der Waals surface area contributed by atoms with Gasteiger partial charge >= 0.3 is 6.03 Å². The maximum absolute atomic E-state index is 12.2. The summed E-state index contributed by atoms with van der Waals surface area (Å²) in [6.07, 6.45) is 9.83. The van der Waals surface area contributed by atoms with Crippen molar-refractivity contribution in [3.05, 3.63) is 29.8 Å². The van der Waals surface area contributed by atoms with Crippen LogP contribution in [0, 0.1) is 5.92 Å². The van der Waals surface area contributed by atoms with Gasteiger partial charge < -0.3 is 21.3 Å². The quantitative estimate of drug-likeness (QED) is 0.529. The second-order valence-electron chi connectivity index (χ2n) is 8.04.